The highest BCUT2D eigenvalue weighted by molar-refractivity contribution is 8.00. The molecule has 0 atom stereocenters. The summed E-state index contributed by atoms with van der Waals surface area (Å²) < 4.78 is 0.209. The predicted octanol–water partition coefficient (Wildman–Crippen LogP) is 2.69. The fourth-order valence-corrected chi connectivity index (χ4v) is 2.58. The molecule has 2 rings (SSSR count). The zero-order valence-electron chi connectivity index (χ0n) is 7.79. The first-order valence-corrected chi connectivity index (χ1v) is 5.15. The molecule has 70 valence electrons. The highest BCUT2D eigenvalue weighted by Crippen LogP contribution is 2.44. The van der Waals surface area contributed by atoms with Gasteiger partial charge in [-0.15, -0.1) is 11.8 Å². The standard InChI is InChI=1S/C10H13NOS/c1-10(2)6-11-9-7(12)4-3-5-8(9)13-10/h3-5,11-12H,6H2,1-2H3. The molecule has 2 nitrogen and oxygen atoms in total. The van der Waals surface area contributed by atoms with E-state index in [9.17, 15) is 5.11 Å². The lowest BCUT2D eigenvalue weighted by atomic mass is 10.2. The number of para-hydroxylation sites is 1. The first-order chi connectivity index (χ1) is 6.08. The second kappa shape index (κ2) is 2.84. The Morgan fingerprint density at radius 3 is 3.00 bits per heavy atom. The van der Waals surface area contributed by atoms with Gasteiger partial charge in [0.1, 0.15) is 5.75 Å². The number of fused-ring (bicyclic) bond motifs is 1. The molecule has 1 aliphatic heterocycles. The lowest BCUT2D eigenvalue weighted by Crippen LogP contribution is -2.29. The smallest absolute Gasteiger partial charge is 0.139 e. The van der Waals surface area contributed by atoms with Gasteiger partial charge < -0.3 is 10.4 Å². The van der Waals surface area contributed by atoms with Crippen molar-refractivity contribution in [2.45, 2.75) is 23.5 Å². The fraction of sp³-hybridized carbons (Fsp3) is 0.400. The molecular weight excluding hydrogens is 182 g/mol. The Morgan fingerprint density at radius 1 is 1.46 bits per heavy atom. The van der Waals surface area contributed by atoms with Crippen LogP contribution in [-0.4, -0.2) is 16.4 Å². The fourth-order valence-electron chi connectivity index (χ4n) is 1.42. The molecule has 0 aromatic heterocycles. The van der Waals surface area contributed by atoms with Gasteiger partial charge >= 0.3 is 0 Å². The van der Waals surface area contributed by atoms with Gasteiger partial charge in [-0.1, -0.05) is 6.07 Å². The number of nitrogens with one attached hydrogen (secondary N) is 1. The van der Waals surface area contributed by atoms with Crippen LogP contribution in [0.1, 0.15) is 13.8 Å². The number of phenols is 1. The lowest BCUT2D eigenvalue weighted by Gasteiger charge is -2.31. The minimum Gasteiger partial charge on any atom is -0.506 e. The molecule has 1 aliphatic rings. The van der Waals surface area contributed by atoms with Crippen molar-refractivity contribution >= 4 is 17.4 Å². The molecule has 0 saturated heterocycles. The van der Waals surface area contributed by atoms with E-state index < -0.39 is 0 Å². The third-order valence-corrected chi connectivity index (χ3v) is 3.34. The van der Waals surface area contributed by atoms with Crippen molar-refractivity contribution in [3.63, 3.8) is 0 Å². The summed E-state index contributed by atoms with van der Waals surface area (Å²) in [6, 6.07) is 5.63. The summed E-state index contributed by atoms with van der Waals surface area (Å²) in [6.07, 6.45) is 0. The Labute approximate surface area is 82.4 Å². The maximum absolute atomic E-state index is 9.55. The molecule has 0 radical (unpaired) electrons. The van der Waals surface area contributed by atoms with Gasteiger partial charge in [0.2, 0.25) is 0 Å². The number of hydrogen-bond donors (Lipinski definition) is 2. The number of anilines is 1. The molecule has 1 aromatic rings. The maximum atomic E-state index is 9.55. The van der Waals surface area contributed by atoms with Crippen LogP contribution < -0.4 is 5.32 Å². The van der Waals surface area contributed by atoms with Crippen LogP contribution in [0.2, 0.25) is 0 Å². The molecule has 0 fully saturated rings. The molecule has 1 heterocycles. The van der Waals surface area contributed by atoms with E-state index in [4.69, 9.17) is 0 Å². The quantitative estimate of drug-likeness (QED) is 0.624. The van der Waals surface area contributed by atoms with Crippen molar-refractivity contribution < 1.29 is 5.11 Å². The van der Waals surface area contributed by atoms with Crippen molar-refractivity contribution in [3.8, 4) is 5.75 Å². The normalized spacial score (nSPS) is 18.9. The molecule has 0 unspecified atom stereocenters. The van der Waals surface area contributed by atoms with Gasteiger partial charge in [0, 0.05) is 16.2 Å². The van der Waals surface area contributed by atoms with Crippen LogP contribution in [0.25, 0.3) is 0 Å². The summed E-state index contributed by atoms with van der Waals surface area (Å²) in [4.78, 5) is 1.14. The topological polar surface area (TPSA) is 32.3 Å². The molecule has 13 heavy (non-hydrogen) atoms. The minimum atomic E-state index is 0.209. The Hall–Kier alpha value is -0.830. The number of aromatic hydroxyl groups is 1. The molecule has 1 aromatic carbocycles. The van der Waals surface area contributed by atoms with Gasteiger partial charge in [0.05, 0.1) is 5.69 Å². The zero-order valence-corrected chi connectivity index (χ0v) is 8.61. The highest BCUT2D eigenvalue weighted by atomic mass is 32.2. The van der Waals surface area contributed by atoms with E-state index >= 15 is 0 Å². The van der Waals surface area contributed by atoms with Crippen molar-refractivity contribution in [2.24, 2.45) is 0 Å². The monoisotopic (exact) mass is 195 g/mol. The summed E-state index contributed by atoms with van der Waals surface area (Å²) in [7, 11) is 0. The third-order valence-electron chi connectivity index (χ3n) is 2.08. The first-order valence-electron chi connectivity index (χ1n) is 4.33. The summed E-state index contributed by atoms with van der Waals surface area (Å²) in [5, 5.41) is 12.8. The van der Waals surface area contributed by atoms with Crippen LogP contribution in [0.3, 0.4) is 0 Å². The van der Waals surface area contributed by atoms with E-state index in [1.807, 2.05) is 12.1 Å². The lowest BCUT2D eigenvalue weighted by molar-refractivity contribution is 0.475. The molecule has 3 heteroatoms. The zero-order chi connectivity index (χ0) is 9.47. The molecule has 0 spiro atoms. The van der Waals surface area contributed by atoms with E-state index in [1.54, 1.807) is 17.8 Å². The van der Waals surface area contributed by atoms with Gasteiger partial charge in [-0.25, -0.2) is 0 Å². The molecule has 0 saturated carbocycles. The van der Waals surface area contributed by atoms with Gasteiger partial charge in [-0.05, 0) is 26.0 Å². The highest BCUT2D eigenvalue weighted by Gasteiger charge is 2.26. The molecule has 0 amide bonds. The largest absolute Gasteiger partial charge is 0.506 e. The van der Waals surface area contributed by atoms with E-state index in [0.29, 0.717) is 5.75 Å². The van der Waals surface area contributed by atoms with Gasteiger partial charge in [0.15, 0.2) is 0 Å². The molecular formula is C10H13NOS. The van der Waals surface area contributed by atoms with E-state index in [2.05, 4.69) is 19.2 Å². The van der Waals surface area contributed by atoms with Crippen molar-refractivity contribution in [1.29, 1.82) is 0 Å². The van der Waals surface area contributed by atoms with E-state index in [0.717, 1.165) is 17.1 Å². The number of rotatable bonds is 0. The number of phenolic OH excluding ortho intramolecular Hbond substituents is 1. The van der Waals surface area contributed by atoms with Crippen LogP contribution in [0, 0.1) is 0 Å². The Morgan fingerprint density at radius 2 is 2.23 bits per heavy atom. The number of benzene rings is 1. The van der Waals surface area contributed by atoms with Crippen LogP contribution in [0.4, 0.5) is 5.69 Å². The number of thioether (sulfide) groups is 1. The maximum Gasteiger partial charge on any atom is 0.139 e. The van der Waals surface area contributed by atoms with Crippen molar-refractivity contribution in [1.82, 2.24) is 0 Å². The molecule has 2 N–H and O–H groups in total. The number of hydrogen-bond acceptors (Lipinski definition) is 3. The van der Waals surface area contributed by atoms with Gasteiger partial charge in [-0.3, -0.25) is 0 Å². The van der Waals surface area contributed by atoms with Crippen LogP contribution in [-0.2, 0) is 0 Å². The van der Waals surface area contributed by atoms with Crippen molar-refractivity contribution in [3.05, 3.63) is 18.2 Å². The van der Waals surface area contributed by atoms with Crippen LogP contribution in [0.15, 0.2) is 23.1 Å². The van der Waals surface area contributed by atoms with E-state index in [-0.39, 0.29) is 4.75 Å². The second-order valence-corrected chi connectivity index (χ2v) is 5.61. The Balaban J connectivity index is 2.42. The second-order valence-electron chi connectivity index (χ2n) is 3.87. The van der Waals surface area contributed by atoms with Crippen molar-refractivity contribution in [2.75, 3.05) is 11.9 Å². The van der Waals surface area contributed by atoms with E-state index in [1.165, 1.54) is 0 Å². The predicted molar refractivity (Wildman–Crippen MR) is 56.5 cm³/mol. The molecule has 0 aliphatic carbocycles. The average molecular weight is 195 g/mol. The van der Waals surface area contributed by atoms with Gasteiger partial charge in [-0.2, -0.15) is 0 Å². The van der Waals surface area contributed by atoms with Crippen LogP contribution in [0.5, 0.6) is 5.75 Å². The summed E-state index contributed by atoms with van der Waals surface area (Å²) in [5.41, 5.74) is 0.881. The SMILES string of the molecule is CC1(C)CNc2c(O)cccc2S1. The third kappa shape index (κ3) is 1.61. The summed E-state index contributed by atoms with van der Waals surface area (Å²) in [5.74, 6) is 0.348. The summed E-state index contributed by atoms with van der Waals surface area (Å²) in [6.45, 7) is 5.28. The van der Waals surface area contributed by atoms with Gasteiger partial charge in [0.25, 0.3) is 0 Å². The summed E-state index contributed by atoms with van der Waals surface area (Å²) >= 11 is 1.81. The molecule has 0 bridgehead atoms. The Bertz CT molecular complexity index is 336. The first kappa shape index (κ1) is 8.75. The minimum absolute atomic E-state index is 0.209. The average Bonchev–Trinajstić information content (AvgIpc) is 2.02. The Kier molecular flexibility index (Phi) is 1.91. The van der Waals surface area contributed by atoms with Crippen LogP contribution >= 0.6 is 11.8 Å².